The van der Waals surface area contributed by atoms with Crippen molar-refractivity contribution in [2.75, 3.05) is 0 Å². The topological polar surface area (TPSA) is 61.7 Å². The van der Waals surface area contributed by atoms with Gasteiger partial charge in [0, 0.05) is 13.6 Å². The molecule has 0 atom stereocenters. The highest BCUT2D eigenvalue weighted by Crippen LogP contribution is 2.23. The molecule has 2 N–H and O–H groups in total. The van der Waals surface area contributed by atoms with Crippen LogP contribution in [0.3, 0.4) is 0 Å². The SMILES string of the molecule is Cc1cc(I)cc(/C=N/NC(=O)c2ccccc2Br)c1O. The normalized spacial score (nSPS) is 10.8. The number of phenols is 1. The molecular weight excluding hydrogens is 447 g/mol. The van der Waals surface area contributed by atoms with Crippen LogP contribution in [-0.4, -0.2) is 17.2 Å². The van der Waals surface area contributed by atoms with Crippen LogP contribution in [0.1, 0.15) is 21.5 Å². The molecular formula is C15H12BrIN2O2. The fourth-order valence-corrected chi connectivity index (χ4v) is 2.99. The third kappa shape index (κ3) is 4.04. The highest BCUT2D eigenvalue weighted by Gasteiger charge is 2.08. The Hall–Kier alpha value is -1.41. The molecule has 0 saturated heterocycles. The molecule has 108 valence electrons. The minimum Gasteiger partial charge on any atom is -0.507 e. The van der Waals surface area contributed by atoms with Crippen molar-refractivity contribution < 1.29 is 9.90 Å². The Morgan fingerprint density at radius 2 is 2.10 bits per heavy atom. The fraction of sp³-hybridized carbons (Fsp3) is 0.0667. The van der Waals surface area contributed by atoms with E-state index in [0.29, 0.717) is 15.6 Å². The monoisotopic (exact) mass is 458 g/mol. The second kappa shape index (κ2) is 7.04. The molecule has 0 spiro atoms. The van der Waals surface area contributed by atoms with Gasteiger partial charge in [0.2, 0.25) is 0 Å². The average molecular weight is 459 g/mol. The zero-order valence-electron chi connectivity index (χ0n) is 11.1. The maximum atomic E-state index is 12.0. The molecule has 2 aromatic rings. The Morgan fingerprint density at radius 3 is 2.81 bits per heavy atom. The number of rotatable bonds is 3. The number of hydrogen-bond acceptors (Lipinski definition) is 3. The van der Waals surface area contributed by atoms with Crippen molar-refractivity contribution in [3.63, 3.8) is 0 Å². The van der Waals surface area contributed by atoms with Gasteiger partial charge in [0.1, 0.15) is 5.75 Å². The molecule has 0 heterocycles. The summed E-state index contributed by atoms with van der Waals surface area (Å²) in [6, 6.07) is 10.7. The molecule has 0 bridgehead atoms. The molecule has 2 aromatic carbocycles. The van der Waals surface area contributed by atoms with Crippen molar-refractivity contribution in [3.8, 4) is 5.75 Å². The molecule has 0 aliphatic rings. The molecule has 0 radical (unpaired) electrons. The molecule has 4 nitrogen and oxygen atoms in total. The van der Waals surface area contributed by atoms with Crippen LogP contribution in [0.25, 0.3) is 0 Å². The summed E-state index contributed by atoms with van der Waals surface area (Å²) in [7, 11) is 0. The fourth-order valence-electron chi connectivity index (χ4n) is 1.73. The van der Waals surface area contributed by atoms with Gasteiger partial charge in [-0.15, -0.1) is 0 Å². The number of phenolic OH excluding ortho intramolecular Hbond substituents is 1. The summed E-state index contributed by atoms with van der Waals surface area (Å²) >= 11 is 5.47. The summed E-state index contributed by atoms with van der Waals surface area (Å²) in [5.41, 5.74) is 4.27. The van der Waals surface area contributed by atoms with Crippen molar-refractivity contribution in [2.24, 2.45) is 5.10 Å². The summed E-state index contributed by atoms with van der Waals surface area (Å²) in [6.45, 7) is 1.81. The lowest BCUT2D eigenvalue weighted by molar-refractivity contribution is 0.0954. The van der Waals surface area contributed by atoms with Crippen LogP contribution in [0.2, 0.25) is 0 Å². The Balaban J connectivity index is 2.13. The number of nitrogens with zero attached hydrogens (tertiary/aromatic N) is 1. The van der Waals surface area contributed by atoms with Gasteiger partial charge in [-0.1, -0.05) is 12.1 Å². The number of aryl methyl sites for hydroxylation is 1. The van der Waals surface area contributed by atoms with Gasteiger partial charge in [-0.25, -0.2) is 5.43 Å². The quantitative estimate of drug-likeness (QED) is 0.417. The van der Waals surface area contributed by atoms with Crippen LogP contribution < -0.4 is 5.43 Å². The smallest absolute Gasteiger partial charge is 0.272 e. The second-order valence-corrected chi connectivity index (χ2v) is 6.44. The lowest BCUT2D eigenvalue weighted by Crippen LogP contribution is -2.18. The standard InChI is InChI=1S/C15H12BrIN2O2/c1-9-6-11(17)7-10(14(9)20)8-18-19-15(21)12-4-2-3-5-13(12)16/h2-8,20H,1H3,(H,19,21)/b18-8+. The molecule has 0 unspecified atom stereocenters. The van der Waals surface area contributed by atoms with Crippen molar-refractivity contribution >= 4 is 50.6 Å². The number of carbonyl (C=O) groups is 1. The van der Waals surface area contributed by atoms with E-state index in [1.807, 2.05) is 19.1 Å². The Bertz CT molecular complexity index is 717. The first-order chi connectivity index (χ1) is 9.99. The Morgan fingerprint density at radius 1 is 1.38 bits per heavy atom. The van der Waals surface area contributed by atoms with E-state index in [1.54, 1.807) is 24.3 Å². The van der Waals surface area contributed by atoms with Gasteiger partial charge >= 0.3 is 0 Å². The van der Waals surface area contributed by atoms with E-state index in [-0.39, 0.29) is 11.7 Å². The van der Waals surface area contributed by atoms with Gasteiger partial charge < -0.3 is 5.11 Å². The van der Waals surface area contributed by atoms with Gasteiger partial charge in [0.15, 0.2) is 0 Å². The zero-order valence-corrected chi connectivity index (χ0v) is 14.8. The van der Waals surface area contributed by atoms with Crippen LogP contribution in [0, 0.1) is 10.5 Å². The maximum Gasteiger partial charge on any atom is 0.272 e. The van der Waals surface area contributed by atoms with Crippen LogP contribution in [-0.2, 0) is 0 Å². The van der Waals surface area contributed by atoms with Crippen molar-refractivity contribution in [1.82, 2.24) is 5.43 Å². The van der Waals surface area contributed by atoms with E-state index in [0.717, 1.165) is 9.13 Å². The number of aromatic hydroxyl groups is 1. The molecule has 0 aromatic heterocycles. The molecule has 2 rings (SSSR count). The van der Waals surface area contributed by atoms with Gasteiger partial charge in [-0.3, -0.25) is 4.79 Å². The summed E-state index contributed by atoms with van der Waals surface area (Å²) < 4.78 is 1.69. The zero-order chi connectivity index (χ0) is 15.4. The molecule has 0 aliphatic heterocycles. The first-order valence-corrected chi connectivity index (χ1v) is 7.93. The largest absolute Gasteiger partial charge is 0.507 e. The number of benzene rings is 2. The molecule has 0 aliphatic carbocycles. The maximum absolute atomic E-state index is 12.0. The van der Waals surface area contributed by atoms with Crippen molar-refractivity contribution in [1.29, 1.82) is 0 Å². The van der Waals surface area contributed by atoms with Crippen LogP contribution in [0.4, 0.5) is 0 Å². The number of amides is 1. The Labute approximate surface area is 144 Å². The lowest BCUT2D eigenvalue weighted by Gasteiger charge is -2.05. The number of hydrogen-bond donors (Lipinski definition) is 2. The van der Waals surface area contributed by atoms with E-state index in [1.165, 1.54) is 6.21 Å². The molecule has 6 heteroatoms. The van der Waals surface area contributed by atoms with E-state index in [9.17, 15) is 9.90 Å². The highest BCUT2D eigenvalue weighted by atomic mass is 127. The summed E-state index contributed by atoms with van der Waals surface area (Å²) in [6.07, 6.45) is 1.43. The van der Waals surface area contributed by atoms with Gasteiger partial charge in [-0.05, 0) is 75.3 Å². The molecule has 21 heavy (non-hydrogen) atoms. The summed E-state index contributed by atoms with van der Waals surface area (Å²) in [4.78, 5) is 12.0. The van der Waals surface area contributed by atoms with E-state index >= 15 is 0 Å². The third-order valence-electron chi connectivity index (χ3n) is 2.78. The number of halogens is 2. The Kier molecular flexibility index (Phi) is 5.35. The predicted octanol–water partition coefficient (Wildman–Crippen LogP) is 3.83. The minimum atomic E-state index is -0.319. The summed E-state index contributed by atoms with van der Waals surface area (Å²) in [5.74, 6) is -0.158. The first-order valence-electron chi connectivity index (χ1n) is 6.06. The molecule has 1 amide bonds. The minimum absolute atomic E-state index is 0.161. The lowest BCUT2D eigenvalue weighted by atomic mass is 10.1. The number of carbonyl (C=O) groups excluding carboxylic acids is 1. The van der Waals surface area contributed by atoms with Crippen LogP contribution in [0.15, 0.2) is 46.0 Å². The van der Waals surface area contributed by atoms with E-state index in [4.69, 9.17) is 0 Å². The number of hydrazone groups is 1. The van der Waals surface area contributed by atoms with Gasteiger partial charge in [-0.2, -0.15) is 5.10 Å². The van der Waals surface area contributed by atoms with Gasteiger partial charge in [0.05, 0.1) is 11.8 Å². The van der Waals surface area contributed by atoms with Crippen molar-refractivity contribution in [2.45, 2.75) is 6.92 Å². The molecule has 0 saturated carbocycles. The summed E-state index contributed by atoms with van der Waals surface area (Å²) in [5, 5.41) is 13.8. The highest BCUT2D eigenvalue weighted by molar-refractivity contribution is 14.1. The van der Waals surface area contributed by atoms with E-state index < -0.39 is 0 Å². The third-order valence-corrected chi connectivity index (χ3v) is 4.10. The first kappa shape index (κ1) is 16.0. The van der Waals surface area contributed by atoms with Gasteiger partial charge in [0.25, 0.3) is 5.91 Å². The van der Waals surface area contributed by atoms with Crippen LogP contribution >= 0.6 is 38.5 Å². The molecule has 0 fully saturated rings. The second-order valence-electron chi connectivity index (χ2n) is 4.34. The predicted molar refractivity (Wildman–Crippen MR) is 94.8 cm³/mol. The van der Waals surface area contributed by atoms with Crippen LogP contribution in [0.5, 0.6) is 5.75 Å². The van der Waals surface area contributed by atoms with Crippen molar-refractivity contribution in [3.05, 3.63) is 61.1 Å². The average Bonchev–Trinajstić information content (AvgIpc) is 2.44. The number of nitrogens with one attached hydrogen (secondary N) is 1. The van der Waals surface area contributed by atoms with E-state index in [2.05, 4.69) is 49.0 Å².